The molecule has 2 aromatic heterocycles. The minimum absolute atomic E-state index is 0.108. The summed E-state index contributed by atoms with van der Waals surface area (Å²) in [6.07, 6.45) is 8.62. The van der Waals surface area contributed by atoms with Gasteiger partial charge in [-0.1, -0.05) is 43.9 Å². The maximum absolute atomic E-state index is 12.2. The number of H-pyrrole nitrogens is 1. The highest BCUT2D eigenvalue weighted by Crippen LogP contribution is 2.27. The molecule has 0 spiro atoms. The van der Waals surface area contributed by atoms with Crippen molar-refractivity contribution in [2.45, 2.75) is 50.6 Å². The number of Topliss-reactive ketones (excluding diaryl/α,β-unsaturated/α-hetero) is 1. The second-order valence-corrected chi connectivity index (χ2v) is 7.30. The number of carbonyl (C=O) groups excluding carboxylic acids is 1. The van der Waals surface area contributed by atoms with Crippen LogP contribution in [0.1, 0.15) is 53.9 Å². The third-order valence-corrected chi connectivity index (χ3v) is 5.45. The van der Waals surface area contributed by atoms with Gasteiger partial charge in [-0.25, -0.2) is 4.98 Å². The maximum atomic E-state index is 12.2. The molecule has 0 bridgehead atoms. The van der Waals surface area contributed by atoms with Gasteiger partial charge in [-0.3, -0.25) is 9.59 Å². The lowest BCUT2D eigenvalue weighted by atomic mass is 9.85. The van der Waals surface area contributed by atoms with Crippen LogP contribution < -0.4 is 5.56 Å². The van der Waals surface area contributed by atoms with Gasteiger partial charge in [-0.15, -0.1) is 0 Å². The van der Waals surface area contributed by atoms with Crippen molar-refractivity contribution in [3.63, 3.8) is 0 Å². The number of aromatic nitrogens is 2. The highest BCUT2D eigenvalue weighted by Gasteiger charge is 2.18. The molecule has 0 aromatic carbocycles. The second kappa shape index (κ2) is 7.83. The molecule has 0 saturated heterocycles. The van der Waals surface area contributed by atoms with E-state index < -0.39 is 0 Å². The summed E-state index contributed by atoms with van der Waals surface area (Å²) in [5.41, 5.74) is 1.46. The van der Waals surface area contributed by atoms with E-state index in [1.807, 2.05) is 6.92 Å². The highest BCUT2D eigenvalue weighted by atomic mass is 32.2. The highest BCUT2D eigenvalue weighted by molar-refractivity contribution is 7.99. The summed E-state index contributed by atoms with van der Waals surface area (Å²) in [6, 6.07) is 3.33. The zero-order valence-electron chi connectivity index (χ0n) is 13.8. The van der Waals surface area contributed by atoms with E-state index in [0.29, 0.717) is 22.4 Å². The molecule has 0 radical (unpaired) electrons. The van der Waals surface area contributed by atoms with E-state index in [0.717, 1.165) is 12.1 Å². The first-order valence-corrected chi connectivity index (χ1v) is 9.41. The van der Waals surface area contributed by atoms with E-state index in [1.54, 1.807) is 12.1 Å². The number of ketones is 1. The van der Waals surface area contributed by atoms with Crippen molar-refractivity contribution in [1.82, 2.24) is 9.97 Å². The normalized spacial score (nSPS) is 15.5. The lowest BCUT2D eigenvalue weighted by molar-refractivity contribution is 0.0992. The molecular formula is C18H22N2O3S. The zero-order valence-corrected chi connectivity index (χ0v) is 14.7. The third kappa shape index (κ3) is 4.17. The lowest BCUT2D eigenvalue weighted by Gasteiger charge is -2.21. The molecule has 1 aliphatic rings. The fraction of sp³-hybridized carbons (Fsp3) is 0.500. The summed E-state index contributed by atoms with van der Waals surface area (Å²) in [4.78, 5) is 31.5. The van der Waals surface area contributed by atoms with Gasteiger partial charge in [0.2, 0.25) is 5.78 Å². The summed E-state index contributed by atoms with van der Waals surface area (Å²) < 4.78 is 5.10. The van der Waals surface area contributed by atoms with Crippen molar-refractivity contribution in [2.24, 2.45) is 5.92 Å². The minimum atomic E-state index is -0.109. The minimum Gasteiger partial charge on any atom is -0.461 e. The molecule has 0 aliphatic heterocycles. The summed E-state index contributed by atoms with van der Waals surface area (Å²) >= 11 is 1.25. The van der Waals surface area contributed by atoms with Crippen molar-refractivity contribution < 1.29 is 9.21 Å². The predicted octanol–water partition coefficient (Wildman–Crippen LogP) is 3.77. The summed E-state index contributed by atoms with van der Waals surface area (Å²) in [5, 5.41) is 0.510. The summed E-state index contributed by atoms with van der Waals surface area (Å²) in [7, 11) is 0. The van der Waals surface area contributed by atoms with Crippen LogP contribution in [-0.4, -0.2) is 21.5 Å². The van der Waals surface area contributed by atoms with Crippen LogP contribution in [0, 0.1) is 12.8 Å². The molecule has 2 heterocycles. The van der Waals surface area contributed by atoms with Crippen LogP contribution in [0.3, 0.4) is 0 Å². The predicted molar refractivity (Wildman–Crippen MR) is 93.6 cm³/mol. The maximum Gasteiger partial charge on any atom is 0.254 e. The van der Waals surface area contributed by atoms with Crippen molar-refractivity contribution in [1.29, 1.82) is 0 Å². The van der Waals surface area contributed by atoms with Gasteiger partial charge in [0.25, 0.3) is 5.56 Å². The molecule has 0 amide bonds. The van der Waals surface area contributed by atoms with E-state index in [9.17, 15) is 9.59 Å². The number of thioether (sulfide) groups is 1. The first kappa shape index (κ1) is 17.0. The Morgan fingerprint density at radius 3 is 2.88 bits per heavy atom. The van der Waals surface area contributed by atoms with E-state index in [2.05, 4.69) is 9.97 Å². The van der Waals surface area contributed by atoms with Gasteiger partial charge in [0.15, 0.2) is 10.9 Å². The largest absolute Gasteiger partial charge is 0.461 e. The Morgan fingerprint density at radius 2 is 2.17 bits per heavy atom. The quantitative estimate of drug-likeness (QED) is 0.489. The van der Waals surface area contributed by atoms with Crippen molar-refractivity contribution in [2.75, 3.05) is 5.75 Å². The lowest BCUT2D eigenvalue weighted by Crippen LogP contribution is -2.19. The second-order valence-electron chi connectivity index (χ2n) is 6.34. The molecule has 0 unspecified atom stereocenters. The van der Waals surface area contributed by atoms with Crippen LogP contribution >= 0.6 is 11.8 Å². The van der Waals surface area contributed by atoms with Crippen LogP contribution in [0.25, 0.3) is 0 Å². The van der Waals surface area contributed by atoms with Crippen molar-refractivity contribution in [3.05, 3.63) is 45.8 Å². The average molecular weight is 346 g/mol. The van der Waals surface area contributed by atoms with Crippen LogP contribution in [0.5, 0.6) is 0 Å². The van der Waals surface area contributed by atoms with Gasteiger partial charge in [-0.05, 0) is 31.4 Å². The molecule has 1 N–H and O–H groups in total. The standard InChI is InChI=1S/C18H22N2O3S/c1-12-14(10-13-6-3-2-4-7-13)19-18(20-17(12)22)24-11-15(21)16-8-5-9-23-16/h5,8-9,13H,2-4,6-7,10-11H2,1H3,(H,19,20,22). The summed E-state index contributed by atoms with van der Waals surface area (Å²) in [6.45, 7) is 1.83. The molecule has 1 fully saturated rings. The first-order chi connectivity index (χ1) is 11.6. The molecule has 3 rings (SSSR count). The molecule has 5 nitrogen and oxygen atoms in total. The molecule has 24 heavy (non-hydrogen) atoms. The monoisotopic (exact) mass is 346 g/mol. The first-order valence-electron chi connectivity index (χ1n) is 8.43. The topological polar surface area (TPSA) is 76.0 Å². The van der Waals surface area contributed by atoms with Gasteiger partial charge in [-0.2, -0.15) is 0 Å². The van der Waals surface area contributed by atoms with E-state index >= 15 is 0 Å². The van der Waals surface area contributed by atoms with Gasteiger partial charge in [0.05, 0.1) is 17.7 Å². The van der Waals surface area contributed by atoms with Gasteiger partial charge in [0, 0.05) is 5.56 Å². The van der Waals surface area contributed by atoms with Crippen molar-refractivity contribution >= 4 is 17.5 Å². The molecule has 128 valence electrons. The Labute approximate surface area is 145 Å². The van der Waals surface area contributed by atoms with Crippen molar-refractivity contribution in [3.8, 4) is 0 Å². The van der Waals surface area contributed by atoms with Gasteiger partial charge in [0.1, 0.15) is 0 Å². The number of hydrogen-bond donors (Lipinski definition) is 1. The molecular weight excluding hydrogens is 324 g/mol. The van der Waals surface area contributed by atoms with E-state index in [1.165, 1.54) is 50.1 Å². The van der Waals surface area contributed by atoms with E-state index in [4.69, 9.17) is 4.42 Å². The fourth-order valence-corrected chi connectivity index (χ4v) is 3.88. The Hall–Kier alpha value is -1.82. The zero-order chi connectivity index (χ0) is 16.9. The third-order valence-electron chi connectivity index (χ3n) is 4.57. The Balaban J connectivity index is 1.69. The number of hydrogen-bond acceptors (Lipinski definition) is 5. The molecule has 2 aromatic rings. The molecule has 0 atom stereocenters. The number of nitrogens with one attached hydrogen (secondary N) is 1. The fourth-order valence-electron chi connectivity index (χ4n) is 3.13. The van der Waals surface area contributed by atoms with Gasteiger partial charge < -0.3 is 9.40 Å². The van der Waals surface area contributed by atoms with Gasteiger partial charge >= 0.3 is 0 Å². The Morgan fingerprint density at radius 1 is 1.38 bits per heavy atom. The van der Waals surface area contributed by atoms with Crippen LogP contribution in [-0.2, 0) is 6.42 Å². The number of rotatable bonds is 6. The average Bonchev–Trinajstić information content (AvgIpc) is 3.12. The smallest absolute Gasteiger partial charge is 0.254 e. The molecule has 6 heteroatoms. The van der Waals surface area contributed by atoms with E-state index in [-0.39, 0.29) is 17.1 Å². The number of furan rings is 1. The number of aromatic amines is 1. The summed E-state index contributed by atoms with van der Waals surface area (Å²) in [5.74, 6) is 1.04. The Kier molecular flexibility index (Phi) is 5.56. The van der Waals surface area contributed by atoms with Crippen LogP contribution in [0.2, 0.25) is 0 Å². The molecule has 1 saturated carbocycles. The number of nitrogens with zero attached hydrogens (tertiary/aromatic N) is 1. The SMILES string of the molecule is Cc1c(CC2CCCCC2)nc(SCC(=O)c2ccco2)[nH]c1=O. The molecule has 1 aliphatic carbocycles. The van der Waals surface area contributed by atoms with Crippen LogP contribution in [0.15, 0.2) is 32.8 Å². The van der Waals surface area contributed by atoms with Crippen LogP contribution in [0.4, 0.5) is 0 Å². The Bertz CT molecular complexity index is 746. The number of carbonyl (C=O) groups is 1.